The number of nitriles is 1. The lowest BCUT2D eigenvalue weighted by Crippen LogP contribution is -2.31. The highest BCUT2D eigenvalue weighted by Crippen LogP contribution is 2.22. The van der Waals surface area contributed by atoms with E-state index in [1.807, 2.05) is 20.0 Å². The van der Waals surface area contributed by atoms with Crippen LogP contribution in [0.25, 0.3) is 0 Å². The van der Waals surface area contributed by atoms with Crippen molar-refractivity contribution in [3.63, 3.8) is 0 Å². The van der Waals surface area contributed by atoms with E-state index in [1.165, 1.54) is 0 Å². The summed E-state index contributed by atoms with van der Waals surface area (Å²) in [5.74, 6) is 0.802. The molecule has 0 aromatic carbocycles. The molecule has 0 spiro atoms. The molecular weight excluding hydrogens is 198 g/mol. The predicted molar refractivity (Wildman–Crippen MR) is 66.5 cm³/mol. The van der Waals surface area contributed by atoms with E-state index < -0.39 is 0 Å². The summed E-state index contributed by atoms with van der Waals surface area (Å²) in [7, 11) is 2.01. The van der Waals surface area contributed by atoms with Crippen molar-refractivity contribution in [3.8, 4) is 6.07 Å². The molecule has 3 nitrogen and oxygen atoms in total. The summed E-state index contributed by atoms with van der Waals surface area (Å²) < 4.78 is 0. The van der Waals surface area contributed by atoms with Crippen LogP contribution in [-0.4, -0.2) is 18.1 Å². The molecule has 0 amide bonds. The molecule has 1 aromatic heterocycles. The number of anilines is 1. The minimum atomic E-state index is 0.446. The van der Waals surface area contributed by atoms with E-state index >= 15 is 0 Å². The smallest absolute Gasteiger partial charge is 0.146 e. The van der Waals surface area contributed by atoms with Gasteiger partial charge in [-0.05, 0) is 31.4 Å². The van der Waals surface area contributed by atoms with Gasteiger partial charge in [0.25, 0.3) is 0 Å². The molecule has 16 heavy (non-hydrogen) atoms. The zero-order chi connectivity index (χ0) is 12.1. The number of rotatable bonds is 4. The summed E-state index contributed by atoms with van der Waals surface area (Å²) in [4.78, 5) is 6.45. The third-order valence-electron chi connectivity index (χ3n) is 3.08. The summed E-state index contributed by atoms with van der Waals surface area (Å²) in [6.45, 7) is 6.27. The first-order valence-electron chi connectivity index (χ1n) is 5.74. The Bertz CT molecular complexity index is 389. The third-order valence-corrected chi connectivity index (χ3v) is 3.08. The second-order valence-electron chi connectivity index (χ2n) is 4.02. The highest BCUT2D eigenvalue weighted by Gasteiger charge is 2.16. The number of hydrogen-bond acceptors (Lipinski definition) is 3. The minimum Gasteiger partial charge on any atom is -0.356 e. The Morgan fingerprint density at radius 2 is 2.06 bits per heavy atom. The van der Waals surface area contributed by atoms with Gasteiger partial charge in [0.2, 0.25) is 0 Å². The molecule has 1 aromatic rings. The van der Waals surface area contributed by atoms with Gasteiger partial charge in [0.05, 0.1) is 5.56 Å². The monoisotopic (exact) mass is 217 g/mol. The first kappa shape index (κ1) is 12.5. The van der Waals surface area contributed by atoms with Crippen LogP contribution in [0.2, 0.25) is 0 Å². The Balaban J connectivity index is 3.13. The van der Waals surface area contributed by atoms with Crippen molar-refractivity contribution in [2.75, 3.05) is 11.9 Å². The van der Waals surface area contributed by atoms with Crippen LogP contribution in [0, 0.1) is 18.3 Å². The maximum absolute atomic E-state index is 9.16. The molecule has 0 N–H and O–H groups in total. The molecule has 86 valence electrons. The SMILES string of the molecule is CCC(CC)N(C)c1nccc(C)c1C#N. The average Bonchev–Trinajstić information content (AvgIpc) is 2.30. The van der Waals surface area contributed by atoms with Crippen molar-refractivity contribution in [2.24, 2.45) is 0 Å². The van der Waals surface area contributed by atoms with Crippen molar-refractivity contribution < 1.29 is 0 Å². The molecule has 1 rings (SSSR count). The largest absolute Gasteiger partial charge is 0.356 e. The molecule has 0 aliphatic carbocycles. The fourth-order valence-electron chi connectivity index (χ4n) is 1.96. The van der Waals surface area contributed by atoms with Crippen LogP contribution in [0.5, 0.6) is 0 Å². The summed E-state index contributed by atoms with van der Waals surface area (Å²) >= 11 is 0. The van der Waals surface area contributed by atoms with Crippen LogP contribution in [0.4, 0.5) is 5.82 Å². The Hall–Kier alpha value is -1.56. The Labute approximate surface area is 97.7 Å². The van der Waals surface area contributed by atoms with E-state index in [1.54, 1.807) is 6.20 Å². The molecule has 0 radical (unpaired) electrons. The summed E-state index contributed by atoms with van der Waals surface area (Å²) in [5.41, 5.74) is 1.68. The van der Waals surface area contributed by atoms with Crippen LogP contribution in [0.1, 0.15) is 37.8 Å². The first-order chi connectivity index (χ1) is 7.65. The zero-order valence-electron chi connectivity index (χ0n) is 10.5. The molecule has 0 aliphatic heterocycles. The molecule has 0 bridgehead atoms. The van der Waals surface area contributed by atoms with Gasteiger partial charge in [0, 0.05) is 19.3 Å². The standard InChI is InChI=1S/C13H19N3/c1-5-11(6-2)16(4)13-12(9-14)10(3)7-8-15-13/h7-8,11H,5-6H2,1-4H3. The lowest BCUT2D eigenvalue weighted by molar-refractivity contribution is 0.586. The fraction of sp³-hybridized carbons (Fsp3) is 0.538. The molecule has 1 heterocycles. The molecule has 0 atom stereocenters. The zero-order valence-corrected chi connectivity index (χ0v) is 10.5. The van der Waals surface area contributed by atoms with Crippen molar-refractivity contribution in [1.29, 1.82) is 5.26 Å². The van der Waals surface area contributed by atoms with Crippen LogP contribution in [-0.2, 0) is 0 Å². The van der Waals surface area contributed by atoms with Gasteiger partial charge in [-0.15, -0.1) is 0 Å². The Morgan fingerprint density at radius 3 is 2.56 bits per heavy atom. The van der Waals surface area contributed by atoms with E-state index in [0.717, 1.165) is 24.2 Å². The fourth-order valence-corrected chi connectivity index (χ4v) is 1.96. The van der Waals surface area contributed by atoms with Crippen molar-refractivity contribution in [2.45, 2.75) is 39.7 Å². The molecule has 0 saturated heterocycles. The predicted octanol–water partition coefficient (Wildman–Crippen LogP) is 2.89. The highest BCUT2D eigenvalue weighted by molar-refractivity contribution is 5.57. The second-order valence-corrected chi connectivity index (χ2v) is 4.02. The molecule has 3 heteroatoms. The normalized spacial score (nSPS) is 10.2. The third kappa shape index (κ3) is 2.33. The lowest BCUT2D eigenvalue weighted by atomic mass is 10.1. The Morgan fingerprint density at radius 1 is 1.44 bits per heavy atom. The van der Waals surface area contributed by atoms with Crippen molar-refractivity contribution in [3.05, 3.63) is 23.4 Å². The van der Waals surface area contributed by atoms with Gasteiger partial charge in [-0.25, -0.2) is 4.98 Å². The molecule has 0 fully saturated rings. The van der Waals surface area contributed by atoms with Crippen LogP contribution in [0.15, 0.2) is 12.3 Å². The molecule has 0 saturated carbocycles. The van der Waals surface area contributed by atoms with Gasteiger partial charge in [-0.2, -0.15) is 5.26 Å². The van der Waals surface area contributed by atoms with Crippen molar-refractivity contribution in [1.82, 2.24) is 4.98 Å². The van der Waals surface area contributed by atoms with E-state index in [9.17, 15) is 0 Å². The number of hydrogen-bond donors (Lipinski definition) is 0. The van der Waals surface area contributed by atoms with Crippen LogP contribution < -0.4 is 4.90 Å². The minimum absolute atomic E-state index is 0.446. The van der Waals surface area contributed by atoms with Gasteiger partial charge >= 0.3 is 0 Å². The van der Waals surface area contributed by atoms with Crippen LogP contribution >= 0.6 is 0 Å². The molecule has 0 unspecified atom stereocenters. The summed E-state index contributed by atoms with van der Waals surface area (Å²) in [6, 6.07) is 4.57. The summed E-state index contributed by atoms with van der Waals surface area (Å²) in [6.07, 6.45) is 3.89. The van der Waals surface area contributed by atoms with Gasteiger partial charge in [0.15, 0.2) is 0 Å². The highest BCUT2D eigenvalue weighted by atomic mass is 15.2. The van der Waals surface area contributed by atoms with Gasteiger partial charge < -0.3 is 4.90 Å². The number of aryl methyl sites for hydroxylation is 1. The number of pyridine rings is 1. The Kier molecular flexibility index (Phi) is 4.30. The quantitative estimate of drug-likeness (QED) is 0.778. The maximum atomic E-state index is 9.16. The van der Waals surface area contributed by atoms with E-state index in [-0.39, 0.29) is 0 Å². The van der Waals surface area contributed by atoms with Gasteiger partial charge in [-0.1, -0.05) is 13.8 Å². The number of aromatic nitrogens is 1. The van der Waals surface area contributed by atoms with E-state index in [0.29, 0.717) is 11.6 Å². The first-order valence-corrected chi connectivity index (χ1v) is 5.74. The van der Waals surface area contributed by atoms with E-state index in [4.69, 9.17) is 5.26 Å². The molecule has 0 aliphatic rings. The average molecular weight is 217 g/mol. The number of nitrogens with zero attached hydrogens (tertiary/aromatic N) is 3. The van der Waals surface area contributed by atoms with Crippen LogP contribution in [0.3, 0.4) is 0 Å². The topological polar surface area (TPSA) is 39.9 Å². The second kappa shape index (κ2) is 5.50. The molecular formula is C13H19N3. The lowest BCUT2D eigenvalue weighted by Gasteiger charge is -2.28. The van der Waals surface area contributed by atoms with Crippen molar-refractivity contribution >= 4 is 5.82 Å². The van der Waals surface area contributed by atoms with Gasteiger partial charge in [-0.3, -0.25) is 0 Å². The van der Waals surface area contributed by atoms with Gasteiger partial charge in [0.1, 0.15) is 11.9 Å². The maximum Gasteiger partial charge on any atom is 0.146 e. The summed E-state index contributed by atoms with van der Waals surface area (Å²) in [5, 5.41) is 9.16. The van der Waals surface area contributed by atoms with E-state index in [2.05, 4.69) is 29.8 Å².